The molecule has 0 aliphatic heterocycles. The van der Waals surface area contributed by atoms with Gasteiger partial charge in [-0.2, -0.15) is 0 Å². The van der Waals surface area contributed by atoms with E-state index in [2.05, 4.69) is 104 Å². The van der Waals surface area contributed by atoms with Crippen LogP contribution >= 0.6 is 7.92 Å². The third-order valence-electron chi connectivity index (χ3n) is 4.87. The predicted octanol–water partition coefficient (Wildman–Crippen LogP) is 5.78. The Hall–Kier alpha value is -2.63. The minimum atomic E-state index is -0.686. The Labute approximate surface area is 168 Å². The predicted molar refractivity (Wildman–Crippen MR) is 123 cm³/mol. The van der Waals surface area contributed by atoms with Gasteiger partial charge in [-0.05, 0) is 36.4 Å². The average molecular weight is 384 g/mol. The van der Waals surface area contributed by atoms with Crippen molar-refractivity contribution in [2.24, 2.45) is 0 Å². The van der Waals surface area contributed by atoms with Crippen molar-refractivity contribution >= 4 is 34.6 Å². The van der Waals surface area contributed by atoms with Crippen LogP contribution in [0, 0.1) is 0 Å². The van der Waals surface area contributed by atoms with E-state index in [0.29, 0.717) is 0 Å². The average Bonchev–Trinajstić information content (AvgIpc) is 2.76. The highest BCUT2D eigenvalue weighted by atomic mass is 31.1. The number of fused-ring (bicyclic) bond motifs is 1. The molecule has 4 aromatic carbocycles. The maximum atomic E-state index is 6.43. The van der Waals surface area contributed by atoms with Crippen molar-refractivity contribution in [3.05, 3.63) is 97.1 Å². The molecule has 2 heteroatoms. The molecule has 0 aliphatic rings. The molecule has 0 heterocycles. The van der Waals surface area contributed by atoms with Crippen LogP contribution in [0.3, 0.4) is 0 Å². The normalized spacial score (nSPS) is 11.1. The Morgan fingerprint density at radius 3 is 1.93 bits per heavy atom. The maximum Gasteiger partial charge on any atom is 0.135 e. The van der Waals surface area contributed by atoms with Gasteiger partial charge in [0.1, 0.15) is 5.75 Å². The number of unbranched alkanes of at least 4 members (excludes halogenated alkanes) is 1. The highest BCUT2D eigenvalue weighted by Crippen LogP contribution is 2.39. The van der Waals surface area contributed by atoms with Gasteiger partial charge in [-0.25, -0.2) is 0 Å². The smallest absolute Gasteiger partial charge is 0.135 e. The monoisotopic (exact) mass is 384 g/mol. The summed E-state index contributed by atoms with van der Waals surface area (Å²) in [4.78, 5) is 0. The number of hydrogen-bond acceptors (Lipinski definition) is 1. The first-order valence-corrected chi connectivity index (χ1v) is 11.3. The fraction of sp³-hybridized carbons (Fsp3) is 0.154. The lowest BCUT2D eigenvalue weighted by Gasteiger charge is -2.23. The van der Waals surface area contributed by atoms with Crippen molar-refractivity contribution in [2.75, 3.05) is 6.61 Å². The quantitative estimate of drug-likeness (QED) is 0.290. The summed E-state index contributed by atoms with van der Waals surface area (Å²) in [6, 6.07) is 34.7. The van der Waals surface area contributed by atoms with Crippen molar-refractivity contribution in [3.63, 3.8) is 0 Å². The van der Waals surface area contributed by atoms with Gasteiger partial charge in [0.15, 0.2) is 0 Å². The third-order valence-corrected chi connectivity index (χ3v) is 7.34. The molecule has 4 aromatic rings. The molecular weight excluding hydrogens is 359 g/mol. The van der Waals surface area contributed by atoms with E-state index in [1.165, 1.54) is 26.7 Å². The number of benzene rings is 4. The molecule has 28 heavy (non-hydrogen) atoms. The lowest BCUT2D eigenvalue weighted by atomic mass is 10.1. The van der Waals surface area contributed by atoms with Gasteiger partial charge in [-0.1, -0.05) is 104 Å². The van der Waals surface area contributed by atoms with E-state index < -0.39 is 7.92 Å². The molecule has 0 saturated heterocycles. The van der Waals surface area contributed by atoms with Crippen molar-refractivity contribution in [1.82, 2.24) is 0 Å². The molecular formula is C26H25OP. The molecule has 0 radical (unpaired) electrons. The molecule has 0 atom stereocenters. The van der Waals surface area contributed by atoms with Gasteiger partial charge in [-0.3, -0.25) is 0 Å². The Morgan fingerprint density at radius 1 is 0.679 bits per heavy atom. The SMILES string of the molecule is CCCCOc1c(P(c2ccccc2)c2ccccc2)ccc2ccccc12. The number of hydrogen-bond donors (Lipinski definition) is 0. The van der Waals surface area contributed by atoms with Crippen molar-refractivity contribution < 1.29 is 4.74 Å². The molecule has 140 valence electrons. The number of ether oxygens (including phenoxy) is 1. The number of rotatable bonds is 7. The summed E-state index contributed by atoms with van der Waals surface area (Å²) in [5.74, 6) is 1.05. The van der Waals surface area contributed by atoms with Gasteiger partial charge in [0, 0.05) is 10.7 Å². The zero-order valence-electron chi connectivity index (χ0n) is 16.2. The van der Waals surface area contributed by atoms with Crippen molar-refractivity contribution in [1.29, 1.82) is 0 Å². The van der Waals surface area contributed by atoms with E-state index in [0.717, 1.165) is 25.2 Å². The zero-order chi connectivity index (χ0) is 19.2. The first-order valence-electron chi connectivity index (χ1n) is 9.93. The Bertz CT molecular complexity index is 988. The van der Waals surface area contributed by atoms with Gasteiger partial charge in [0.05, 0.1) is 6.61 Å². The lowest BCUT2D eigenvalue weighted by Crippen LogP contribution is -2.22. The second-order valence-corrected chi connectivity index (χ2v) is 9.03. The van der Waals surface area contributed by atoms with E-state index in [-0.39, 0.29) is 0 Å². The van der Waals surface area contributed by atoms with Gasteiger partial charge in [0.2, 0.25) is 0 Å². The van der Waals surface area contributed by atoms with Crippen LogP contribution in [0.4, 0.5) is 0 Å². The Morgan fingerprint density at radius 2 is 1.29 bits per heavy atom. The fourth-order valence-electron chi connectivity index (χ4n) is 3.46. The molecule has 4 rings (SSSR count). The molecule has 1 nitrogen and oxygen atoms in total. The van der Waals surface area contributed by atoms with Crippen LogP contribution in [0.15, 0.2) is 97.1 Å². The molecule has 0 saturated carbocycles. The maximum absolute atomic E-state index is 6.43. The van der Waals surface area contributed by atoms with E-state index in [4.69, 9.17) is 4.74 Å². The van der Waals surface area contributed by atoms with Crippen LogP contribution in [0.5, 0.6) is 5.75 Å². The van der Waals surface area contributed by atoms with Crippen LogP contribution in [0.1, 0.15) is 19.8 Å². The summed E-state index contributed by atoms with van der Waals surface area (Å²) in [6.45, 7) is 2.96. The van der Waals surface area contributed by atoms with Gasteiger partial charge in [-0.15, -0.1) is 0 Å². The first-order chi connectivity index (χ1) is 13.9. The largest absolute Gasteiger partial charge is 0.492 e. The summed E-state index contributed by atoms with van der Waals surface area (Å²) < 4.78 is 6.43. The van der Waals surface area contributed by atoms with Crippen molar-refractivity contribution in [3.8, 4) is 5.75 Å². The van der Waals surface area contributed by atoms with E-state index >= 15 is 0 Å². The molecule has 0 aromatic heterocycles. The Kier molecular flexibility index (Phi) is 6.04. The molecule has 0 fully saturated rings. The Balaban J connectivity index is 1.91. The van der Waals surface area contributed by atoms with Gasteiger partial charge >= 0.3 is 0 Å². The van der Waals surface area contributed by atoms with Crippen LogP contribution in [0.2, 0.25) is 0 Å². The summed E-state index contributed by atoms with van der Waals surface area (Å²) in [5, 5.41) is 6.42. The van der Waals surface area contributed by atoms with Crippen LogP contribution in [-0.2, 0) is 0 Å². The topological polar surface area (TPSA) is 9.23 Å². The summed E-state index contributed by atoms with van der Waals surface area (Å²) in [7, 11) is -0.686. The molecule has 0 amide bonds. The van der Waals surface area contributed by atoms with Gasteiger partial charge < -0.3 is 4.74 Å². The highest BCUT2D eigenvalue weighted by Gasteiger charge is 2.21. The molecule has 0 bridgehead atoms. The zero-order valence-corrected chi connectivity index (χ0v) is 17.1. The van der Waals surface area contributed by atoms with Gasteiger partial charge in [0.25, 0.3) is 0 Å². The summed E-state index contributed by atoms with van der Waals surface area (Å²) in [5.41, 5.74) is 0. The van der Waals surface area contributed by atoms with Crippen LogP contribution in [-0.4, -0.2) is 6.61 Å². The van der Waals surface area contributed by atoms with E-state index in [1.54, 1.807) is 0 Å². The third kappa shape index (κ3) is 3.96. The van der Waals surface area contributed by atoms with Crippen LogP contribution in [0.25, 0.3) is 10.8 Å². The molecule has 0 N–H and O–H groups in total. The van der Waals surface area contributed by atoms with Crippen molar-refractivity contribution in [2.45, 2.75) is 19.8 Å². The molecule has 0 unspecified atom stereocenters. The first kappa shape index (κ1) is 18.7. The highest BCUT2D eigenvalue weighted by molar-refractivity contribution is 7.80. The summed E-state index contributed by atoms with van der Waals surface area (Å²) in [6.07, 6.45) is 2.20. The molecule has 0 spiro atoms. The van der Waals surface area contributed by atoms with Crippen LogP contribution < -0.4 is 20.7 Å². The second kappa shape index (κ2) is 9.04. The molecule has 0 aliphatic carbocycles. The van der Waals surface area contributed by atoms with E-state index in [9.17, 15) is 0 Å². The van der Waals surface area contributed by atoms with E-state index in [1.807, 2.05) is 0 Å². The fourth-order valence-corrected chi connectivity index (χ4v) is 5.87. The second-order valence-electron chi connectivity index (χ2n) is 6.84. The minimum Gasteiger partial charge on any atom is -0.492 e. The standard InChI is InChI=1S/C26H25OP/c1-2-3-20-27-26-24-17-11-10-12-21(24)18-19-25(26)28(22-13-6-4-7-14-22)23-15-8-5-9-16-23/h4-19H,2-3,20H2,1H3. The minimum absolute atomic E-state index is 0.686. The lowest BCUT2D eigenvalue weighted by molar-refractivity contribution is 0.315. The summed E-state index contributed by atoms with van der Waals surface area (Å²) >= 11 is 0.